The van der Waals surface area contributed by atoms with Crippen LogP contribution in [0.1, 0.15) is 78.1 Å². The summed E-state index contributed by atoms with van der Waals surface area (Å²) >= 11 is 0. The molecule has 0 radical (unpaired) electrons. The smallest absolute Gasteiger partial charge is 0.0632 e. The van der Waals surface area contributed by atoms with Crippen molar-refractivity contribution >= 4 is 5.71 Å². The van der Waals surface area contributed by atoms with Crippen LogP contribution in [-0.4, -0.2) is 10.9 Å². The molecular formula is C19H31NO. The Kier molecular flexibility index (Phi) is 3.17. The molecule has 0 amide bonds. The van der Waals surface area contributed by atoms with Crippen LogP contribution in [0.4, 0.5) is 0 Å². The Morgan fingerprint density at radius 1 is 0.952 bits per heavy atom. The minimum Gasteiger partial charge on any atom is -0.411 e. The summed E-state index contributed by atoms with van der Waals surface area (Å²) in [5.74, 6) is 3.65. The van der Waals surface area contributed by atoms with E-state index >= 15 is 0 Å². The second-order valence-corrected chi connectivity index (χ2v) is 8.94. The summed E-state index contributed by atoms with van der Waals surface area (Å²) in [6.45, 7) is 5.03. The average molecular weight is 289 g/mol. The zero-order valence-electron chi connectivity index (χ0n) is 13.8. The monoisotopic (exact) mass is 289 g/mol. The standard InChI is InChI=1S/C19H31NO/c1-18-11-4-3-5-13(18)6-7-14-15-8-9-17(20-21)19(15,2)12-10-16(14)18/h13-16,21H,3-12H2,1-2H3/b20-17-/t13-,14-,15-,16-,18+,19-/m1/s1. The van der Waals surface area contributed by atoms with Crippen molar-refractivity contribution < 1.29 is 5.21 Å². The first-order chi connectivity index (χ1) is 10.1. The molecule has 1 N–H and O–H groups in total. The van der Waals surface area contributed by atoms with Crippen LogP contribution < -0.4 is 0 Å². The average Bonchev–Trinajstić information content (AvgIpc) is 2.83. The van der Waals surface area contributed by atoms with Gasteiger partial charge in [0.1, 0.15) is 0 Å². The molecule has 0 aliphatic heterocycles. The third-order valence-electron chi connectivity index (χ3n) is 8.44. The Labute approximate surface area is 129 Å². The van der Waals surface area contributed by atoms with Crippen LogP contribution in [0.2, 0.25) is 0 Å². The molecular weight excluding hydrogens is 258 g/mol. The van der Waals surface area contributed by atoms with E-state index in [9.17, 15) is 5.21 Å². The predicted molar refractivity (Wildman–Crippen MR) is 85.6 cm³/mol. The maximum absolute atomic E-state index is 9.39. The van der Waals surface area contributed by atoms with Crippen molar-refractivity contribution in [2.45, 2.75) is 78.1 Å². The molecule has 0 heterocycles. The van der Waals surface area contributed by atoms with Crippen molar-refractivity contribution in [1.82, 2.24) is 0 Å². The zero-order valence-corrected chi connectivity index (χ0v) is 13.8. The van der Waals surface area contributed by atoms with Crippen molar-refractivity contribution in [3.8, 4) is 0 Å². The van der Waals surface area contributed by atoms with Gasteiger partial charge in [-0.05, 0) is 80.5 Å². The van der Waals surface area contributed by atoms with Gasteiger partial charge in [0.15, 0.2) is 0 Å². The van der Waals surface area contributed by atoms with E-state index in [1.807, 2.05) is 0 Å². The van der Waals surface area contributed by atoms with E-state index < -0.39 is 0 Å². The van der Waals surface area contributed by atoms with Crippen molar-refractivity contribution in [2.75, 3.05) is 0 Å². The van der Waals surface area contributed by atoms with Crippen molar-refractivity contribution in [3.05, 3.63) is 0 Å². The summed E-state index contributed by atoms with van der Waals surface area (Å²) in [5.41, 5.74) is 1.96. The van der Waals surface area contributed by atoms with E-state index in [4.69, 9.17) is 0 Å². The van der Waals surface area contributed by atoms with Crippen molar-refractivity contribution in [1.29, 1.82) is 0 Å². The normalized spacial score (nSPS) is 54.9. The molecule has 0 unspecified atom stereocenters. The fourth-order valence-electron chi connectivity index (χ4n) is 7.25. The molecule has 21 heavy (non-hydrogen) atoms. The van der Waals surface area contributed by atoms with Gasteiger partial charge in [0.25, 0.3) is 0 Å². The van der Waals surface area contributed by atoms with Gasteiger partial charge in [0, 0.05) is 5.41 Å². The van der Waals surface area contributed by atoms with Crippen LogP contribution >= 0.6 is 0 Å². The maximum atomic E-state index is 9.39. The van der Waals surface area contributed by atoms with Gasteiger partial charge in [-0.3, -0.25) is 0 Å². The maximum Gasteiger partial charge on any atom is 0.0632 e. The van der Waals surface area contributed by atoms with Crippen LogP contribution in [0.3, 0.4) is 0 Å². The van der Waals surface area contributed by atoms with Gasteiger partial charge in [-0.1, -0.05) is 31.8 Å². The predicted octanol–water partition coefficient (Wildman–Crippen LogP) is 5.25. The molecule has 2 nitrogen and oxygen atoms in total. The van der Waals surface area contributed by atoms with E-state index in [1.165, 1.54) is 57.8 Å². The first-order valence-corrected chi connectivity index (χ1v) is 9.31. The summed E-state index contributed by atoms with van der Waals surface area (Å²) in [4.78, 5) is 0. The molecule has 0 aromatic heterocycles. The molecule has 0 bridgehead atoms. The molecule has 4 aliphatic rings. The van der Waals surface area contributed by atoms with Crippen LogP contribution in [0.25, 0.3) is 0 Å². The first-order valence-electron chi connectivity index (χ1n) is 9.31. The number of rotatable bonds is 0. The van der Waals surface area contributed by atoms with Crippen LogP contribution in [0.5, 0.6) is 0 Å². The Hall–Kier alpha value is -0.530. The summed E-state index contributed by atoms with van der Waals surface area (Å²) in [6, 6.07) is 0. The number of hydrogen-bond donors (Lipinski definition) is 1. The van der Waals surface area contributed by atoms with Gasteiger partial charge in [-0.15, -0.1) is 0 Å². The SMILES string of the molecule is C[C@]12CCCC[C@@H]1CC[C@H]1[C@H]2CC[C@@]2(C)/C(=N\O)CC[C@H]12. The Balaban J connectivity index is 1.66. The van der Waals surface area contributed by atoms with Gasteiger partial charge in [0.05, 0.1) is 5.71 Å². The molecule has 118 valence electrons. The lowest BCUT2D eigenvalue weighted by atomic mass is 9.45. The Bertz CT molecular complexity index is 458. The highest BCUT2D eigenvalue weighted by Gasteiger charge is 2.59. The minimum absolute atomic E-state index is 0.216. The Morgan fingerprint density at radius 3 is 2.62 bits per heavy atom. The van der Waals surface area contributed by atoms with E-state index in [-0.39, 0.29) is 5.41 Å². The van der Waals surface area contributed by atoms with Gasteiger partial charge in [0.2, 0.25) is 0 Å². The van der Waals surface area contributed by atoms with Crippen molar-refractivity contribution in [3.63, 3.8) is 0 Å². The van der Waals surface area contributed by atoms with E-state index in [0.717, 1.165) is 35.8 Å². The third kappa shape index (κ3) is 1.80. The molecule has 0 aromatic rings. The minimum atomic E-state index is 0.216. The summed E-state index contributed by atoms with van der Waals surface area (Å²) < 4.78 is 0. The molecule has 0 aromatic carbocycles. The molecule has 4 fully saturated rings. The lowest BCUT2D eigenvalue weighted by Gasteiger charge is -2.59. The number of nitrogens with zero attached hydrogens (tertiary/aromatic N) is 1. The number of hydrogen-bond acceptors (Lipinski definition) is 2. The van der Waals surface area contributed by atoms with Gasteiger partial charge < -0.3 is 5.21 Å². The Morgan fingerprint density at radius 2 is 1.81 bits per heavy atom. The fraction of sp³-hybridized carbons (Fsp3) is 0.947. The highest BCUT2D eigenvalue weighted by Crippen LogP contribution is 2.65. The van der Waals surface area contributed by atoms with E-state index in [0.29, 0.717) is 5.41 Å². The topological polar surface area (TPSA) is 32.6 Å². The molecule has 0 spiro atoms. The third-order valence-corrected chi connectivity index (χ3v) is 8.44. The summed E-state index contributed by atoms with van der Waals surface area (Å²) in [5, 5.41) is 13.1. The van der Waals surface area contributed by atoms with E-state index in [1.54, 1.807) is 0 Å². The molecule has 4 aliphatic carbocycles. The van der Waals surface area contributed by atoms with Gasteiger partial charge in [-0.2, -0.15) is 0 Å². The number of oxime groups is 1. The van der Waals surface area contributed by atoms with Crippen LogP contribution in [0, 0.1) is 34.5 Å². The lowest BCUT2D eigenvalue weighted by Crippen LogP contribution is -2.52. The van der Waals surface area contributed by atoms with Crippen LogP contribution in [0.15, 0.2) is 5.16 Å². The molecule has 4 saturated carbocycles. The summed E-state index contributed by atoms with van der Waals surface area (Å²) in [6.07, 6.45) is 13.8. The molecule has 2 heteroatoms. The van der Waals surface area contributed by atoms with Gasteiger partial charge in [-0.25, -0.2) is 0 Å². The lowest BCUT2D eigenvalue weighted by molar-refractivity contribution is -0.0938. The summed E-state index contributed by atoms with van der Waals surface area (Å²) in [7, 11) is 0. The highest BCUT2D eigenvalue weighted by molar-refractivity contribution is 5.91. The van der Waals surface area contributed by atoms with Crippen LogP contribution in [-0.2, 0) is 0 Å². The second-order valence-electron chi connectivity index (χ2n) is 8.94. The fourth-order valence-corrected chi connectivity index (χ4v) is 7.25. The number of fused-ring (bicyclic) bond motifs is 5. The second kappa shape index (κ2) is 4.73. The highest BCUT2D eigenvalue weighted by atomic mass is 16.4. The molecule has 6 atom stereocenters. The van der Waals surface area contributed by atoms with Gasteiger partial charge >= 0.3 is 0 Å². The largest absolute Gasteiger partial charge is 0.411 e. The quantitative estimate of drug-likeness (QED) is 0.479. The molecule has 4 rings (SSSR count). The first kappa shape index (κ1) is 14.1. The van der Waals surface area contributed by atoms with E-state index in [2.05, 4.69) is 19.0 Å². The molecule has 0 saturated heterocycles. The zero-order chi connectivity index (χ0) is 14.7. The van der Waals surface area contributed by atoms with Crippen molar-refractivity contribution in [2.24, 2.45) is 39.7 Å².